The molecule has 9 rings (SSSR count). The van der Waals surface area contributed by atoms with Crippen molar-refractivity contribution in [2.75, 3.05) is 74.5 Å². The highest BCUT2D eigenvalue weighted by Gasteiger charge is 2.39. The average Bonchev–Trinajstić information content (AvgIpc) is 3.65. The average molecular weight is 831 g/mol. The Morgan fingerprint density at radius 1 is 1.00 bits per heavy atom. The SMILES string of the molecule is CCc1cn(C2CCN(CC3(F)CCN(C(=O)c4ccc([C@@H]5CN(c6cc(-c7ccccc7O)nnc6N)CCO5)cc4)CC3)CC2)c2ncc(N3CCC(=O)NC3=O)cc12. The zero-order valence-electron chi connectivity index (χ0n) is 34.3. The number of nitrogen functional groups attached to an aromatic ring is 1. The van der Waals surface area contributed by atoms with Gasteiger partial charge in [0.2, 0.25) is 5.91 Å². The van der Waals surface area contributed by atoms with Crippen LogP contribution in [0.2, 0.25) is 0 Å². The number of phenols is 1. The number of ether oxygens (including phenoxy) is 1. The number of phenolic OH excluding ortho intramolecular Hbond substituents is 1. The molecule has 15 nitrogen and oxygen atoms in total. The van der Waals surface area contributed by atoms with Gasteiger partial charge in [-0.1, -0.05) is 31.2 Å². The third kappa shape index (κ3) is 8.21. The van der Waals surface area contributed by atoms with E-state index in [1.165, 1.54) is 0 Å². The van der Waals surface area contributed by atoms with Crippen molar-refractivity contribution in [3.63, 3.8) is 0 Å². The number of amides is 4. The molecule has 0 unspecified atom stereocenters. The van der Waals surface area contributed by atoms with Gasteiger partial charge in [0, 0.05) is 100 Å². The summed E-state index contributed by atoms with van der Waals surface area (Å²) < 4.78 is 24.8. The summed E-state index contributed by atoms with van der Waals surface area (Å²) in [6.45, 7) is 6.60. The Morgan fingerprint density at radius 2 is 1.77 bits per heavy atom. The molecule has 16 heteroatoms. The minimum atomic E-state index is -1.37. The maximum Gasteiger partial charge on any atom is 0.328 e. The van der Waals surface area contributed by atoms with Crippen molar-refractivity contribution in [2.45, 2.75) is 63.3 Å². The molecule has 1 atom stereocenters. The van der Waals surface area contributed by atoms with Crippen LogP contribution < -0.4 is 20.9 Å². The second-order valence-corrected chi connectivity index (χ2v) is 16.6. The molecule has 2 aromatic carbocycles. The molecular weight excluding hydrogens is 780 g/mol. The van der Waals surface area contributed by atoms with Gasteiger partial charge in [-0.2, -0.15) is 0 Å². The van der Waals surface area contributed by atoms with Gasteiger partial charge in [0.1, 0.15) is 23.2 Å². The molecular formula is C45H51FN10O5. The lowest BCUT2D eigenvalue weighted by Gasteiger charge is -2.41. The van der Waals surface area contributed by atoms with E-state index in [9.17, 15) is 19.5 Å². The van der Waals surface area contributed by atoms with Gasteiger partial charge >= 0.3 is 6.03 Å². The molecule has 61 heavy (non-hydrogen) atoms. The number of anilines is 3. The number of alkyl halides is 1. The number of nitrogens with one attached hydrogen (secondary N) is 1. The number of aromatic nitrogens is 4. The topological polar surface area (TPSA) is 175 Å². The number of hydrogen-bond donors (Lipinski definition) is 3. The Hall–Kier alpha value is -6.13. The Balaban J connectivity index is 0.773. The summed E-state index contributed by atoms with van der Waals surface area (Å²) in [5, 5.41) is 22.1. The van der Waals surface area contributed by atoms with Gasteiger partial charge in [0.25, 0.3) is 5.91 Å². The van der Waals surface area contributed by atoms with Gasteiger partial charge in [-0.15, -0.1) is 10.2 Å². The first-order valence-electron chi connectivity index (χ1n) is 21.3. The summed E-state index contributed by atoms with van der Waals surface area (Å²) in [7, 11) is 0. The summed E-state index contributed by atoms with van der Waals surface area (Å²) in [5.74, 6) is 0.0300. The zero-order chi connectivity index (χ0) is 42.3. The maximum absolute atomic E-state index is 16.4. The number of fused-ring (bicyclic) bond motifs is 1. The van der Waals surface area contributed by atoms with Crippen LogP contribution in [0, 0.1) is 0 Å². The highest BCUT2D eigenvalue weighted by molar-refractivity contribution is 6.06. The van der Waals surface area contributed by atoms with Crippen molar-refractivity contribution < 1.29 is 28.6 Å². The Labute approximate surface area is 353 Å². The van der Waals surface area contributed by atoms with E-state index in [0.29, 0.717) is 92.7 Å². The van der Waals surface area contributed by atoms with E-state index in [-0.39, 0.29) is 36.1 Å². The van der Waals surface area contributed by atoms with Crippen LogP contribution in [-0.2, 0) is 16.0 Å². The largest absolute Gasteiger partial charge is 0.507 e. The second kappa shape index (κ2) is 16.7. The molecule has 4 saturated heterocycles. The van der Waals surface area contributed by atoms with Gasteiger partial charge in [0.15, 0.2) is 5.82 Å². The minimum Gasteiger partial charge on any atom is -0.507 e. The standard InChI is InChI=1S/C45H51FN10O5/c1-2-29-26-56(42-35(29)23-33(25-48-42)55-18-13-40(58)49-44(55)60)32-11-16-52(17-12-32)28-45(46)14-19-53(20-15-45)43(59)31-9-7-30(8-10-31)39-27-54(21-22-61-39)37-24-36(50-51-41(37)47)34-5-3-4-6-38(34)57/h3-10,23-26,32,39,57H,2,11-22,27-28H2,1H3,(H2,47,51)(H,49,58,60)/t39-/m0/s1. The number of nitrogens with two attached hydrogens (primary N) is 1. The smallest absolute Gasteiger partial charge is 0.328 e. The van der Waals surface area contributed by atoms with Gasteiger partial charge in [-0.05, 0) is 66.8 Å². The van der Waals surface area contributed by atoms with Gasteiger partial charge in [-0.3, -0.25) is 19.8 Å². The molecule has 3 aromatic heterocycles. The number of morpholine rings is 1. The fourth-order valence-corrected chi connectivity index (χ4v) is 9.29. The van der Waals surface area contributed by atoms with Crippen molar-refractivity contribution >= 4 is 46.1 Å². The van der Waals surface area contributed by atoms with Crippen molar-refractivity contribution in [3.05, 3.63) is 89.7 Å². The lowest BCUT2D eigenvalue weighted by Crippen LogP contribution is -2.51. The number of piperidine rings is 2. The van der Waals surface area contributed by atoms with E-state index in [2.05, 4.69) is 43.0 Å². The second-order valence-electron chi connectivity index (χ2n) is 16.6. The first-order valence-corrected chi connectivity index (χ1v) is 21.3. The molecule has 0 aliphatic carbocycles. The van der Waals surface area contributed by atoms with E-state index in [4.69, 9.17) is 15.5 Å². The number of hydrogen-bond acceptors (Lipinski definition) is 11. The van der Waals surface area contributed by atoms with Crippen LogP contribution in [0.15, 0.2) is 73.1 Å². The first kappa shape index (κ1) is 40.3. The molecule has 4 aliphatic rings. The number of carbonyl (C=O) groups is 3. The van der Waals surface area contributed by atoms with Crippen LogP contribution in [0.1, 0.15) is 72.7 Å². The monoisotopic (exact) mass is 830 g/mol. The van der Waals surface area contributed by atoms with E-state index < -0.39 is 11.7 Å². The van der Waals surface area contributed by atoms with Crippen molar-refractivity contribution in [3.8, 4) is 17.0 Å². The number of halogens is 1. The van der Waals surface area contributed by atoms with E-state index >= 15 is 4.39 Å². The van der Waals surface area contributed by atoms with Crippen LogP contribution in [-0.4, -0.2) is 117 Å². The number of rotatable bonds is 9. The number of carbonyl (C=O) groups excluding carboxylic acids is 3. The first-order chi connectivity index (χ1) is 29.6. The molecule has 5 aromatic rings. The third-order valence-electron chi connectivity index (χ3n) is 12.8. The van der Waals surface area contributed by atoms with Gasteiger partial charge < -0.3 is 34.8 Å². The summed E-state index contributed by atoms with van der Waals surface area (Å²) in [5.41, 5.74) is 10.9. The van der Waals surface area contributed by atoms with Gasteiger partial charge in [0.05, 0.1) is 29.9 Å². The summed E-state index contributed by atoms with van der Waals surface area (Å²) in [6, 6.07) is 18.1. The molecule has 0 saturated carbocycles. The van der Waals surface area contributed by atoms with Crippen molar-refractivity contribution in [1.29, 1.82) is 0 Å². The Kier molecular flexibility index (Phi) is 11.0. The van der Waals surface area contributed by atoms with E-state index in [0.717, 1.165) is 54.5 Å². The highest BCUT2D eigenvalue weighted by Crippen LogP contribution is 2.36. The quantitative estimate of drug-likeness (QED) is 0.168. The summed E-state index contributed by atoms with van der Waals surface area (Å²) >= 11 is 0. The molecule has 4 N–H and O–H groups in total. The van der Waals surface area contributed by atoms with Crippen LogP contribution in [0.3, 0.4) is 0 Å². The fraction of sp³-hybridized carbons (Fsp3) is 0.422. The predicted octanol–water partition coefficient (Wildman–Crippen LogP) is 5.65. The van der Waals surface area contributed by atoms with Crippen LogP contribution in [0.25, 0.3) is 22.3 Å². The minimum absolute atomic E-state index is 0.103. The molecule has 0 bridgehead atoms. The van der Waals surface area contributed by atoms with Crippen LogP contribution >= 0.6 is 0 Å². The molecule has 7 heterocycles. The lowest BCUT2D eigenvalue weighted by molar-refractivity contribution is -0.120. The summed E-state index contributed by atoms with van der Waals surface area (Å²) in [4.78, 5) is 50.2. The summed E-state index contributed by atoms with van der Waals surface area (Å²) in [6.07, 6.45) is 6.99. The van der Waals surface area contributed by atoms with Crippen molar-refractivity contribution in [2.24, 2.45) is 0 Å². The number of urea groups is 1. The predicted molar refractivity (Wildman–Crippen MR) is 229 cm³/mol. The van der Waals surface area contributed by atoms with E-state index in [1.54, 1.807) is 34.2 Å². The molecule has 0 spiro atoms. The number of nitrogens with zero attached hydrogens (tertiary/aromatic N) is 8. The number of pyridine rings is 1. The normalized spacial score (nSPS) is 20.3. The van der Waals surface area contributed by atoms with Gasteiger partial charge in [-0.25, -0.2) is 14.2 Å². The molecule has 4 amide bonds. The lowest BCUT2D eigenvalue weighted by atomic mass is 9.91. The van der Waals surface area contributed by atoms with Crippen LogP contribution in [0.4, 0.5) is 26.4 Å². The number of likely N-dealkylation sites (tertiary alicyclic amines) is 2. The molecule has 0 radical (unpaired) electrons. The van der Waals surface area contributed by atoms with E-state index in [1.807, 2.05) is 42.5 Å². The molecule has 4 fully saturated rings. The van der Waals surface area contributed by atoms with Crippen LogP contribution in [0.5, 0.6) is 5.75 Å². The number of aryl methyl sites for hydroxylation is 1. The fourth-order valence-electron chi connectivity index (χ4n) is 9.29. The van der Waals surface area contributed by atoms with Crippen molar-refractivity contribution in [1.82, 2.24) is 34.9 Å². The number of benzene rings is 2. The highest BCUT2D eigenvalue weighted by atomic mass is 19.1. The number of imide groups is 1. The molecule has 318 valence electrons. The maximum atomic E-state index is 16.4. The number of para-hydroxylation sites is 1. The zero-order valence-corrected chi connectivity index (χ0v) is 34.3. The Morgan fingerprint density at radius 3 is 2.51 bits per heavy atom. The third-order valence-corrected chi connectivity index (χ3v) is 12.8. The number of aromatic hydroxyl groups is 1. The Bertz CT molecular complexity index is 2440. The molecule has 4 aliphatic heterocycles.